The number of rotatable bonds is 6. The summed E-state index contributed by atoms with van der Waals surface area (Å²) < 4.78 is 24.2. The highest BCUT2D eigenvalue weighted by Gasteiger charge is 2.23. The van der Waals surface area contributed by atoms with Gasteiger partial charge in [-0.15, -0.1) is 0 Å². The van der Waals surface area contributed by atoms with E-state index in [1.54, 1.807) is 19.0 Å². The van der Waals surface area contributed by atoms with Gasteiger partial charge in [0.1, 0.15) is 6.10 Å². The zero-order valence-electron chi connectivity index (χ0n) is 11.5. The quantitative estimate of drug-likeness (QED) is 0.704. The van der Waals surface area contributed by atoms with Gasteiger partial charge in [-0.2, -0.15) is 0 Å². The molecule has 2 N–H and O–H groups in total. The molecule has 1 fully saturated rings. The zero-order chi connectivity index (χ0) is 14.4. The molecule has 1 atom stereocenters. The highest BCUT2D eigenvalue weighted by Crippen LogP contribution is 2.11. The minimum Gasteiger partial charge on any atom is -0.386 e. The summed E-state index contributed by atoms with van der Waals surface area (Å²) >= 11 is 0. The summed E-state index contributed by atoms with van der Waals surface area (Å²) in [6.45, 7) is 1.85. The molecule has 0 aromatic heterocycles. The van der Waals surface area contributed by atoms with Gasteiger partial charge < -0.3 is 15.3 Å². The number of hydrogen-bond donors (Lipinski definition) is 2. The zero-order valence-corrected chi connectivity index (χ0v) is 11.5. The number of aliphatic hydroxyl groups excluding tert-OH is 1. The van der Waals surface area contributed by atoms with Gasteiger partial charge >= 0.3 is 0 Å². The number of halogens is 2. The number of nitrogens with one attached hydrogen (secondary N) is 1. The molecule has 1 unspecified atom stereocenters. The van der Waals surface area contributed by atoms with Crippen molar-refractivity contribution in [1.29, 1.82) is 0 Å². The van der Waals surface area contributed by atoms with Gasteiger partial charge in [0.2, 0.25) is 5.91 Å². The molecule has 0 spiro atoms. The fourth-order valence-corrected chi connectivity index (χ4v) is 2.00. The molecule has 0 radical (unpaired) electrons. The van der Waals surface area contributed by atoms with Crippen molar-refractivity contribution in [3.63, 3.8) is 0 Å². The lowest BCUT2D eigenvalue weighted by molar-refractivity contribution is -0.130. The minimum absolute atomic E-state index is 0.0690. The van der Waals surface area contributed by atoms with Crippen molar-refractivity contribution >= 4 is 5.91 Å². The molecule has 1 saturated heterocycles. The summed E-state index contributed by atoms with van der Waals surface area (Å²) in [6, 6.07) is 0.138. The first-order valence-corrected chi connectivity index (χ1v) is 6.52. The second-order valence-corrected chi connectivity index (χ2v) is 5.15. The maximum Gasteiger partial charge on any atom is 0.265 e. The average molecular weight is 279 g/mol. The van der Waals surface area contributed by atoms with Gasteiger partial charge in [0, 0.05) is 39.8 Å². The Kier molecular flexibility index (Phi) is 6.60. The number of likely N-dealkylation sites (N-methyl/N-ethyl adjacent to an activating group) is 1. The van der Waals surface area contributed by atoms with Gasteiger partial charge in [-0.05, 0) is 12.8 Å². The van der Waals surface area contributed by atoms with Crippen molar-refractivity contribution in [1.82, 2.24) is 15.1 Å². The van der Waals surface area contributed by atoms with E-state index in [1.165, 1.54) is 0 Å². The number of piperidine rings is 1. The van der Waals surface area contributed by atoms with Crippen LogP contribution in [0.2, 0.25) is 0 Å². The molecule has 5 nitrogen and oxygen atoms in total. The summed E-state index contributed by atoms with van der Waals surface area (Å²) in [4.78, 5) is 15.2. The van der Waals surface area contributed by atoms with Crippen molar-refractivity contribution in [2.45, 2.75) is 31.4 Å². The van der Waals surface area contributed by atoms with E-state index in [0.29, 0.717) is 6.54 Å². The summed E-state index contributed by atoms with van der Waals surface area (Å²) in [6.07, 6.45) is -2.70. The lowest BCUT2D eigenvalue weighted by atomic mass is 10.0. The minimum atomic E-state index is -2.70. The number of amides is 1. The molecule has 1 aliphatic rings. The van der Waals surface area contributed by atoms with E-state index in [4.69, 9.17) is 5.11 Å². The van der Waals surface area contributed by atoms with E-state index in [0.717, 1.165) is 25.9 Å². The standard InChI is InChI=1S/C12H23F2N3O2/c1-16(2)11(19)8-17-5-3-9(4-6-17)15-7-10(18)12(13)14/h9-10,12,15,18H,3-8H2,1-2H3. The molecule has 0 bridgehead atoms. The molecule has 0 saturated carbocycles. The van der Waals surface area contributed by atoms with Crippen LogP contribution in [0.4, 0.5) is 8.78 Å². The van der Waals surface area contributed by atoms with E-state index >= 15 is 0 Å². The van der Waals surface area contributed by atoms with Crippen LogP contribution in [0.1, 0.15) is 12.8 Å². The van der Waals surface area contributed by atoms with Crippen LogP contribution < -0.4 is 5.32 Å². The molecule has 19 heavy (non-hydrogen) atoms. The SMILES string of the molecule is CN(C)C(=O)CN1CCC(NCC(O)C(F)F)CC1. The van der Waals surface area contributed by atoms with Crippen molar-refractivity contribution in [2.75, 3.05) is 40.3 Å². The molecule has 1 rings (SSSR count). The summed E-state index contributed by atoms with van der Waals surface area (Å²) in [5.74, 6) is 0.0690. The van der Waals surface area contributed by atoms with Crippen LogP contribution >= 0.6 is 0 Å². The lowest BCUT2D eigenvalue weighted by Crippen LogP contribution is -2.47. The van der Waals surface area contributed by atoms with Crippen LogP contribution in [0.5, 0.6) is 0 Å². The van der Waals surface area contributed by atoms with Gasteiger partial charge in [-0.1, -0.05) is 0 Å². The lowest BCUT2D eigenvalue weighted by Gasteiger charge is -2.32. The number of alkyl halides is 2. The Morgan fingerprint density at radius 3 is 2.47 bits per heavy atom. The van der Waals surface area contributed by atoms with E-state index in [-0.39, 0.29) is 18.5 Å². The molecule has 0 aromatic carbocycles. The molecule has 0 aliphatic carbocycles. The van der Waals surface area contributed by atoms with Gasteiger partial charge in [0.15, 0.2) is 0 Å². The molecule has 112 valence electrons. The number of aliphatic hydroxyl groups is 1. The Morgan fingerprint density at radius 2 is 2.00 bits per heavy atom. The molecule has 0 aromatic rings. The van der Waals surface area contributed by atoms with Gasteiger partial charge in [-0.25, -0.2) is 8.78 Å². The second-order valence-electron chi connectivity index (χ2n) is 5.15. The van der Waals surface area contributed by atoms with E-state index in [2.05, 4.69) is 10.2 Å². The summed E-state index contributed by atoms with van der Waals surface area (Å²) in [5, 5.41) is 12.0. The maximum absolute atomic E-state index is 12.1. The topological polar surface area (TPSA) is 55.8 Å². The summed E-state index contributed by atoms with van der Waals surface area (Å²) in [5.41, 5.74) is 0. The Balaban J connectivity index is 2.20. The molecular weight excluding hydrogens is 256 g/mol. The molecule has 1 aliphatic heterocycles. The number of likely N-dealkylation sites (tertiary alicyclic amines) is 1. The smallest absolute Gasteiger partial charge is 0.265 e. The third-order valence-electron chi connectivity index (χ3n) is 3.35. The molecular formula is C12H23F2N3O2. The van der Waals surface area contributed by atoms with Crippen LogP contribution in [0, 0.1) is 0 Å². The Labute approximate surface area is 112 Å². The van der Waals surface area contributed by atoms with Crippen LogP contribution in [0.3, 0.4) is 0 Å². The summed E-state index contributed by atoms with van der Waals surface area (Å²) in [7, 11) is 3.45. The van der Waals surface area contributed by atoms with Crippen LogP contribution in [-0.4, -0.2) is 79.7 Å². The number of carbonyl (C=O) groups excluding carboxylic acids is 1. The largest absolute Gasteiger partial charge is 0.386 e. The van der Waals surface area contributed by atoms with Gasteiger partial charge in [0.25, 0.3) is 6.43 Å². The average Bonchev–Trinajstić information content (AvgIpc) is 2.37. The van der Waals surface area contributed by atoms with E-state index < -0.39 is 12.5 Å². The fourth-order valence-electron chi connectivity index (χ4n) is 2.00. The predicted octanol–water partition coefficient (Wildman–Crippen LogP) is -0.245. The third-order valence-corrected chi connectivity index (χ3v) is 3.35. The Hall–Kier alpha value is -0.790. The molecule has 7 heteroatoms. The van der Waals surface area contributed by atoms with E-state index in [1.807, 2.05) is 0 Å². The van der Waals surface area contributed by atoms with Crippen molar-refractivity contribution in [3.05, 3.63) is 0 Å². The molecule has 1 heterocycles. The highest BCUT2D eigenvalue weighted by molar-refractivity contribution is 5.77. The Morgan fingerprint density at radius 1 is 1.42 bits per heavy atom. The number of nitrogens with zero attached hydrogens (tertiary/aromatic N) is 2. The first-order valence-electron chi connectivity index (χ1n) is 6.52. The fraction of sp³-hybridized carbons (Fsp3) is 0.917. The third kappa shape index (κ3) is 5.80. The van der Waals surface area contributed by atoms with Crippen LogP contribution in [0.25, 0.3) is 0 Å². The first kappa shape index (κ1) is 16.3. The van der Waals surface area contributed by atoms with Crippen molar-refractivity contribution in [3.8, 4) is 0 Å². The monoisotopic (exact) mass is 279 g/mol. The van der Waals surface area contributed by atoms with Gasteiger partial charge in [-0.3, -0.25) is 9.69 Å². The maximum atomic E-state index is 12.1. The number of hydrogen-bond acceptors (Lipinski definition) is 4. The predicted molar refractivity (Wildman–Crippen MR) is 68.2 cm³/mol. The normalized spacial score (nSPS) is 19.7. The van der Waals surface area contributed by atoms with Crippen LogP contribution in [-0.2, 0) is 4.79 Å². The van der Waals surface area contributed by atoms with Crippen molar-refractivity contribution < 1.29 is 18.7 Å². The van der Waals surface area contributed by atoms with E-state index in [9.17, 15) is 13.6 Å². The first-order chi connectivity index (χ1) is 8.90. The molecule has 1 amide bonds. The van der Waals surface area contributed by atoms with Crippen LogP contribution in [0.15, 0.2) is 0 Å². The highest BCUT2D eigenvalue weighted by atomic mass is 19.3. The van der Waals surface area contributed by atoms with Crippen molar-refractivity contribution in [2.24, 2.45) is 0 Å². The van der Waals surface area contributed by atoms with Gasteiger partial charge in [0.05, 0.1) is 6.54 Å². The Bertz CT molecular complexity index is 282. The number of carbonyl (C=O) groups is 1. The second kappa shape index (κ2) is 7.72.